The van der Waals surface area contributed by atoms with Crippen molar-refractivity contribution in [2.75, 3.05) is 5.32 Å². The molecule has 3 aromatic carbocycles. The number of para-hydroxylation sites is 1. The van der Waals surface area contributed by atoms with Crippen LogP contribution < -0.4 is 5.32 Å². The van der Waals surface area contributed by atoms with Crippen LogP contribution in [0.2, 0.25) is 0 Å². The molecule has 6 heteroatoms. The highest BCUT2D eigenvalue weighted by molar-refractivity contribution is 5.95. The number of fused-ring (bicyclic) bond motifs is 5. The number of aromatic nitrogens is 2. The molecule has 0 amide bonds. The van der Waals surface area contributed by atoms with Crippen molar-refractivity contribution in [1.29, 1.82) is 0 Å². The summed E-state index contributed by atoms with van der Waals surface area (Å²) in [5.41, 5.74) is 1.25. The Hall–Kier alpha value is -3.28. The molecular formula is C23H18F3N3. The van der Waals surface area contributed by atoms with Gasteiger partial charge in [-0.25, -0.2) is 4.68 Å². The van der Waals surface area contributed by atoms with E-state index in [0.717, 1.165) is 15.8 Å². The van der Waals surface area contributed by atoms with E-state index in [1.807, 2.05) is 30.3 Å². The number of halogens is 3. The van der Waals surface area contributed by atoms with Crippen molar-refractivity contribution >= 4 is 16.6 Å². The fraction of sp³-hybridized carbons (Fsp3) is 0.174. The summed E-state index contributed by atoms with van der Waals surface area (Å²) < 4.78 is 45.5. The molecule has 146 valence electrons. The number of nitrogens with one attached hydrogen (secondary N) is 1. The summed E-state index contributed by atoms with van der Waals surface area (Å²) in [6.45, 7) is 1.80. The second-order valence-electron chi connectivity index (χ2n) is 7.41. The van der Waals surface area contributed by atoms with E-state index < -0.39 is 11.8 Å². The number of rotatable bonds is 2. The van der Waals surface area contributed by atoms with Gasteiger partial charge in [0, 0.05) is 23.1 Å². The number of aryl methyl sites for hydroxylation is 1. The average Bonchev–Trinajstić information content (AvgIpc) is 3.09. The van der Waals surface area contributed by atoms with Crippen molar-refractivity contribution in [2.24, 2.45) is 0 Å². The number of hydrogen-bond donors (Lipinski definition) is 1. The van der Waals surface area contributed by atoms with E-state index in [9.17, 15) is 13.2 Å². The van der Waals surface area contributed by atoms with Crippen molar-refractivity contribution in [3.63, 3.8) is 0 Å². The summed E-state index contributed by atoms with van der Waals surface area (Å²) in [4.78, 5) is 0. The molecule has 1 unspecified atom stereocenters. The largest absolute Gasteiger partial charge is 0.432 e. The molecule has 29 heavy (non-hydrogen) atoms. The smallest absolute Gasteiger partial charge is 0.353 e. The Labute approximate surface area is 165 Å². The number of hydrogen-bond acceptors (Lipinski definition) is 2. The number of alkyl halides is 3. The van der Waals surface area contributed by atoms with E-state index in [1.165, 1.54) is 0 Å². The van der Waals surface area contributed by atoms with Gasteiger partial charge in [0.2, 0.25) is 5.66 Å². The zero-order valence-corrected chi connectivity index (χ0v) is 15.7. The highest BCUT2D eigenvalue weighted by Gasteiger charge is 2.60. The minimum atomic E-state index is -4.58. The third-order valence-corrected chi connectivity index (χ3v) is 5.61. The van der Waals surface area contributed by atoms with Gasteiger partial charge < -0.3 is 5.32 Å². The first-order chi connectivity index (χ1) is 13.9. The molecule has 1 aromatic heterocycles. The quantitative estimate of drug-likeness (QED) is 0.460. The van der Waals surface area contributed by atoms with Crippen molar-refractivity contribution in [1.82, 2.24) is 9.78 Å². The topological polar surface area (TPSA) is 29.9 Å². The summed E-state index contributed by atoms with van der Waals surface area (Å²) in [5, 5.41) is 7.98. The molecule has 0 bridgehead atoms. The zero-order valence-electron chi connectivity index (χ0n) is 15.7. The standard InChI is InChI=1S/C23H18F3N3/c1-15-8-2-6-12-19(15)27-22(23(24,25)26)14-16-9-3-4-10-17(16)21-18-11-5-7-13-20(18)28-29(21)22/h2-13,27H,14H2,1H3. The molecule has 5 rings (SSSR count). The van der Waals surface area contributed by atoms with Gasteiger partial charge in [-0.1, -0.05) is 60.7 Å². The lowest BCUT2D eigenvalue weighted by Crippen LogP contribution is -2.57. The van der Waals surface area contributed by atoms with Gasteiger partial charge in [0.15, 0.2) is 0 Å². The van der Waals surface area contributed by atoms with Crippen LogP contribution in [0.1, 0.15) is 11.1 Å². The summed E-state index contributed by atoms with van der Waals surface area (Å²) in [6.07, 6.45) is -4.83. The second kappa shape index (κ2) is 6.11. The first-order valence-electron chi connectivity index (χ1n) is 9.38. The maximum atomic E-state index is 14.8. The summed E-state index contributed by atoms with van der Waals surface area (Å²) >= 11 is 0. The highest BCUT2D eigenvalue weighted by Crippen LogP contribution is 2.49. The van der Waals surface area contributed by atoms with E-state index in [2.05, 4.69) is 10.4 Å². The van der Waals surface area contributed by atoms with Gasteiger partial charge in [-0.3, -0.25) is 0 Å². The maximum absolute atomic E-state index is 14.8. The molecule has 4 aromatic rings. The Morgan fingerprint density at radius 2 is 1.62 bits per heavy atom. The van der Waals surface area contributed by atoms with Gasteiger partial charge in [0.1, 0.15) is 0 Å². The first kappa shape index (κ1) is 17.8. The summed E-state index contributed by atoms with van der Waals surface area (Å²) in [5.74, 6) is 0. The van der Waals surface area contributed by atoms with Gasteiger partial charge in [0.25, 0.3) is 0 Å². The van der Waals surface area contributed by atoms with Gasteiger partial charge in [0.05, 0.1) is 11.2 Å². The fourth-order valence-electron chi connectivity index (χ4n) is 4.15. The normalized spacial score (nSPS) is 18.3. The van der Waals surface area contributed by atoms with Crippen molar-refractivity contribution in [2.45, 2.75) is 25.2 Å². The molecule has 0 aliphatic carbocycles. The monoisotopic (exact) mass is 393 g/mol. The lowest BCUT2D eigenvalue weighted by molar-refractivity contribution is -0.208. The second-order valence-corrected chi connectivity index (χ2v) is 7.41. The molecule has 0 spiro atoms. The van der Waals surface area contributed by atoms with Crippen LogP contribution in [0.25, 0.3) is 22.2 Å². The van der Waals surface area contributed by atoms with Crippen LogP contribution in [0, 0.1) is 6.92 Å². The minimum Gasteiger partial charge on any atom is -0.353 e. The van der Waals surface area contributed by atoms with Crippen LogP contribution in [-0.2, 0) is 12.1 Å². The average molecular weight is 393 g/mol. The zero-order chi connectivity index (χ0) is 20.2. The van der Waals surface area contributed by atoms with Crippen molar-refractivity contribution in [3.05, 3.63) is 83.9 Å². The van der Waals surface area contributed by atoms with Gasteiger partial charge in [-0.05, 0) is 30.2 Å². The Kier molecular flexibility index (Phi) is 3.75. The Balaban J connectivity index is 1.85. The summed E-state index contributed by atoms with van der Waals surface area (Å²) in [7, 11) is 0. The van der Waals surface area contributed by atoms with E-state index in [0.29, 0.717) is 27.8 Å². The van der Waals surface area contributed by atoms with E-state index in [4.69, 9.17) is 0 Å². The van der Waals surface area contributed by atoms with Gasteiger partial charge >= 0.3 is 6.18 Å². The third-order valence-electron chi connectivity index (χ3n) is 5.61. The fourth-order valence-corrected chi connectivity index (χ4v) is 4.15. The number of nitrogens with zero attached hydrogens (tertiary/aromatic N) is 2. The van der Waals surface area contributed by atoms with E-state index >= 15 is 0 Å². The van der Waals surface area contributed by atoms with Crippen LogP contribution in [-0.4, -0.2) is 16.0 Å². The predicted molar refractivity (Wildman–Crippen MR) is 108 cm³/mol. The van der Waals surface area contributed by atoms with Crippen LogP contribution in [0.4, 0.5) is 18.9 Å². The molecule has 0 radical (unpaired) electrons. The molecule has 0 saturated heterocycles. The van der Waals surface area contributed by atoms with E-state index in [1.54, 1.807) is 49.4 Å². The Bertz CT molecular complexity index is 1230. The van der Waals surface area contributed by atoms with Gasteiger partial charge in [-0.2, -0.15) is 18.3 Å². The number of anilines is 1. The molecule has 0 fully saturated rings. The first-order valence-corrected chi connectivity index (χ1v) is 9.38. The van der Waals surface area contributed by atoms with Crippen LogP contribution in [0.5, 0.6) is 0 Å². The predicted octanol–water partition coefficient (Wildman–Crippen LogP) is 5.90. The van der Waals surface area contributed by atoms with E-state index in [-0.39, 0.29) is 6.42 Å². The highest BCUT2D eigenvalue weighted by atomic mass is 19.4. The SMILES string of the molecule is Cc1ccccc1NC1(C(F)(F)F)Cc2ccccc2-c2c3ccccc3nn21. The molecule has 1 aliphatic rings. The molecule has 3 nitrogen and oxygen atoms in total. The summed E-state index contributed by atoms with van der Waals surface area (Å²) in [6, 6.07) is 21.5. The number of benzene rings is 3. The third kappa shape index (κ3) is 2.55. The van der Waals surface area contributed by atoms with Crippen LogP contribution in [0.15, 0.2) is 72.8 Å². The van der Waals surface area contributed by atoms with Crippen LogP contribution in [0.3, 0.4) is 0 Å². The molecule has 0 saturated carbocycles. The lowest BCUT2D eigenvalue weighted by Gasteiger charge is -2.42. The molecule has 1 aliphatic heterocycles. The van der Waals surface area contributed by atoms with Crippen LogP contribution >= 0.6 is 0 Å². The minimum absolute atomic E-state index is 0.248. The van der Waals surface area contributed by atoms with Crippen molar-refractivity contribution in [3.8, 4) is 11.3 Å². The Morgan fingerprint density at radius 1 is 0.931 bits per heavy atom. The Morgan fingerprint density at radius 3 is 2.41 bits per heavy atom. The van der Waals surface area contributed by atoms with Crippen molar-refractivity contribution < 1.29 is 13.2 Å². The maximum Gasteiger partial charge on any atom is 0.432 e. The molecular weight excluding hydrogens is 375 g/mol. The molecule has 1 N–H and O–H groups in total. The molecule has 2 heterocycles. The molecule has 1 atom stereocenters. The van der Waals surface area contributed by atoms with Gasteiger partial charge in [-0.15, -0.1) is 0 Å². The lowest BCUT2D eigenvalue weighted by atomic mass is 9.88.